The van der Waals surface area contributed by atoms with Crippen LogP contribution in [0.4, 0.5) is 0 Å². The van der Waals surface area contributed by atoms with Crippen molar-refractivity contribution in [2.24, 2.45) is 0 Å². The second kappa shape index (κ2) is 4.76. The van der Waals surface area contributed by atoms with Gasteiger partial charge in [-0.1, -0.05) is 48.0 Å². The van der Waals surface area contributed by atoms with Crippen molar-refractivity contribution in [2.45, 2.75) is 0 Å². The van der Waals surface area contributed by atoms with Crippen LogP contribution >= 0.6 is 11.6 Å². The minimum Gasteiger partial charge on any atom is -0.255 e. The topological polar surface area (TPSA) is 12.9 Å². The van der Waals surface area contributed by atoms with Crippen LogP contribution in [0.5, 0.6) is 0 Å². The molecular weight excluding hydrogens is 206 g/mol. The average molecular weight is 216 g/mol. The van der Waals surface area contributed by atoms with Crippen LogP contribution in [0.15, 0.2) is 54.7 Å². The Morgan fingerprint density at radius 3 is 2.40 bits per heavy atom. The predicted molar refractivity (Wildman–Crippen MR) is 64.4 cm³/mol. The second-order valence-corrected chi connectivity index (χ2v) is 3.53. The lowest BCUT2D eigenvalue weighted by atomic mass is 10.2. The van der Waals surface area contributed by atoms with Crippen LogP contribution in [0, 0.1) is 0 Å². The van der Waals surface area contributed by atoms with E-state index in [1.807, 2.05) is 54.6 Å². The molecule has 2 aromatic rings. The number of hydrogen-bond acceptors (Lipinski definition) is 1. The number of nitrogens with zero attached hydrogens (tertiary/aromatic N) is 1. The molecule has 0 aliphatic carbocycles. The molecule has 0 radical (unpaired) electrons. The van der Waals surface area contributed by atoms with E-state index in [0.717, 1.165) is 11.3 Å². The van der Waals surface area contributed by atoms with Crippen molar-refractivity contribution >= 4 is 22.7 Å². The second-order valence-electron chi connectivity index (χ2n) is 3.12. The lowest BCUT2D eigenvalue weighted by Crippen LogP contribution is -1.81. The van der Waals surface area contributed by atoms with Crippen LogP contribution in [-0.4, -0.2) is 4.98 Å². The highest BCUT2D eigenvalue weighted by atomic mass is 35.5. The van der Waals surface area contributed by atoms with Crippen molar-refractivity contribution in [1.29, 1.82) is 0 Å². The van der Waals surface area contributed by atoms with Gasteiger partial charge in [-0.05, 0) is 23.8 Å². The maximum absolute atomic E-state index is 6.14. The summed E-state index contributed by atoms with van der Waals surface area (Å²) < 4.78 is 0. The van der Waals surface area contributed by atoms with Crippen LogP contribution in [0.2, 0.25) is 0 Å². The Kier molecular flexibility index (Phi) is 3.15. The molecule has 1 heterocycles. The van der Waals surface area contributed by atoms with Crippen molar-refractivity contribution in [3.63, 3.8) is 0 Å². The zero-order valence-electron chi connectivity index (χ0n) is 8.10. The maximum atomic E-state index is 6.14. The van der Waals surface area contributed by atoms with E-state index in [0.29, 0.717) is 5.03 Å². The first-order valence-corrected chi connectivity index (χ1v) is 5.08. The largest absolute Gasteiger partial charge is 0.255 e. The van der Waals surface area contributed by atoms with E-state index in [-0.39, 0.29) is 0 Å². The van der Waals surface area contributed by atoms with Gasteiger partial charge >= 0.3 is 0 Å². The SMILES string of the molecule is Cl/C(=C\c1ccccc1)c1ccccn1. The molecule has 0 saturated carbocycles. The Balaban J connectivity index is 2.29. The van der Waals surface area contributed by atoms with Crippen LogP contribution in [-0.2, 0) is 0 Å². The summed E-state index contributed by atoms with van der Waals surface area (Å²) >= 11 is 6.14. The minimum absolute atomic E-state index is 0.654. The van der Waals surface area contributed by atoms with E-state index in [4.69, 9.17) is 11.6 Å². The Morgan fingerprint density at radius 1 is 1.00 bits per heavy atom. The van der Waals surface area contributed by atoms with Crippen molar-refractivity contribution < 1.29 is 0 Å². The van der Waals surface area contributed by atoms with E-state index in [1.165, 1.54) is 0 Å². The van der Waals surface area contributed by atoms with Crippen molar-refractivity contribution in [3.05, 3.63) is 66.0 Å². The molecule has 1 nitrogen and oxygen atoms in total. The Bertz CT molecular complexity index is 448. The summed E-state index contributed by atoms with van der Waals surface area (Å²) in [5.41, 5.74) is 1.87. The van der Waals surface area contributed by atoms with Gasteiger partial charge in [0.25, 0.3) is 0 Å². The maximum Gasteiger partial charge on any atom is 0.0816 e. The number of aromatic nitrogens is 1. The van der Waals surface area contributed by atoms with Crippen LogP contribution in [0.3, 0.4) is 0 Å². The first-order valence-electron chi connectivity index (χ1n) is 4.70. The van der Waals surface area contributed by atoms with Gasteiger partial charge in [-0.2, -0.15) is 0 Å². The zero-order valence-corrected chi connectivity index (χ0v) is 8.85. The summed E-state index contributed by atoms with van der Waals surface area (Å²) in [5, 5.41) is 0.654. The van der Waals surface area contributed by atoms with E-state index in [2.05, 4.69) is 4.98 Å². The summed E-state index contributed by atoms with van der Waals surface area (Å²) in [6, 6.07) is 15.6. The highest BCUT2D eigenvalue weighted by molar-refractivity contribution is 6.51. The van der Waals surface area contributed by atoms with Crippen molar-refractivity contribution in [1.82, 2.24) is 4.98 Å². The molecule has 0 spiro atoms. The van der Waals surface area contributed by atoms with Crippen LogP contribution in [0.25, 0.3) is 11.1 Å². The minimum atomic E-state index is 0.654. The molecule has 0 saturated heterocycles. The molecule has 0 N–H and O–H groups in total. The average Bonchev–Trinajstić information content (AvgIpc) is 2.31. The molecule has 2 rings (SSSR count). The molecule has 74 valence electrons. The molecule has 0 unspecified atom stereocenters. The van der Waals surface area contributed by atoms with Crippen LogP contribution in [0.1, 0.15) is 11.3 Å². The molecule has 0 amide bonds. The molecule has 2 heteroatoms. The third-order valence-electron chi connectivity index (χ3n) is 2.00. The number of benzene rings is 1. The van der Waals surface area contributed by atoms with E-state index < -0.39 is 0 Å². The quantitative estimate of drug-likeness (QED) is 0.742. The third kappa shape index (κ3) is 2.67. The summed E-state index contributed by atoms with van der Waals surface area (Å²) in [5.74, 6) is 0. The smallest absolute Gasteiger partial charge is 0.0816 e. The lowest BCUT2D eigenvalue weighted by molar-refractivity contribution is 1.29. The number of pyridine rings is 1. The van der Waals surface area contributed by atoms with E-state index >= 15 is 0 Å². The monoisotopic (exact) mass is 215 g/mol. The summed E-state index contributed by atoms with van der Waals surface area (Å²) in [4.78, 5) is 4.17. The van der Waals surface area contributed by atoms with Gasteiger partial charge in [-0.15, -0.1) is 0 Å². The first-order chi connectivity index (χ1) is 7.36. The fourth-order valence-electron chi connectivity index (χ4n) is 1.27. The predicted octanol–water partition coefficient (Wildman–Crippen LogP) is 3.82. The third-order valence-corrected chi connectivity index (χ3v) is 2.31. The number of rotatable bonds is 2. The van der Waals surface area contributed by atoms with Gasteiger partial charge in [0.1, 0.15) is 0 Å². The standard InChI is InChI=1S/C13H10ClN/c14-12(13-8-4-5-9-15-13)10-11-6-2-1-3-7-11/h1-10H/b12-10-. The van der Waals surface area contributed by atoms with Crippen molar-refractivity contribution in [3.8, 4) is 0 Å². The lowest BCUT2D eigenvalue weighted by Gasteiger charge is -1.97. The van der Waals surface area contributed by atoms with Gasteiger partial charge in [-0.3, -0.25) is 4.98 Å². The molecule has 15 heavy (non-hydrogen) atoms. The van der Waals surface area contributed by atoms with Gasteiger partial charge in [0.2, 0.25) is 0 Å². The summed E-state index contributed by atoms with van der Waals surface area (Å²) in [6.45, 7) is 0. The molecule has 0 bridgehead atoms. The summed E-state index contributed by atoms with van der Waals surface area (Å²) in [7, 11) is 0. The first kappa shape index (κ1) is 9.94. The van der Waals surface area contributed by atoms with E-state index in [9.17, 15) is 0 Å². The fourth-order valence-corrected chi connectivity index (χ4v) is 1.51. The Hall–Kier alpha value is -1.60. The number of hydrogen-bond donors (Lipinski definition) is 0. The number of halogens is 1. The molecular formula is C13H10ClN. The van der Waals surface area contributed by atoms with Crippen molar-refractivity contribution in [2.75, 3.05) is 0 Å². The normalized spacial score (nSPS) is 11.4. The molecule has 0 atom stereocenters. The molecule has 1 aromatic heterocycles. The van der Waals surface area contributed by atoms with Gasteiger partial charge in [0.05, 0.1) is 10.7 Å². The summed E-state index contributed by atoms with van der Waals surface area (Å²) in [6.07, 6.45) is 3.64. The van der Waals surface area contributed by atoms with Gasteiger partial charge in [0, 0.05) is 6.20 Å². The molecule has 0 aliphatic rings. The van der Waals surface area contributed by atoms with Gasteiger partial charge < -0.3 is 0 Å². The molecule has 1 aromatic carbocycles. The fraction of sp³-hybridized carbons (Fsp3) is 0. The van der Waals surface area contributed by atoms with Gasteiger partial charge in [-0.25, -0.2) is 0 Å². The Labute approximate surface area is 94.1 Å². The highest BCUT2D eigenvalue weighted by Gasteiger charge is 1.97. The van der Waals surface area contributed by atoms with Gasteiger partial charge in [0.15, 0.2) is 0 Å². The molecule has 0 aliphatic heterocycles. The van der Waals surface area contributed by atoms with Crippen LogP contribution < -0.4 is 0 Å². The highest BCUT2D eigenvalue weighted by Crippen LogP contribution is 2.19. The van der Waals surface area contributed by atoms with E-state index in [1.54, 1.807) is 6.20 Å². The zero-order chi connectivity index (χ0) is 10.5. The Morgan fingerprint density at radius 2 is 1.73 bits per heavy atom. The molecule has 0 fully saturated rings.